The van der Waals surface area contributed by atoms with Gasteiger partial charge in [0, 0.05) is 20.3 Å². The average Bonchev–Trinajstić information content (AvgIpc) is 2.46. The summed E-state index contributed by atoms with van der Waals surface area (Å²) in [4.78, 5) is 0. The highest BCUT2D eigenvalue weighted by molar-refractivity contribution is 4.88. The highest BCUT2D eigenvalue weighted by atomic mass is 16.5. The fraction of sp³-hybridized carbons (Fsp3) is 1.00. The molecule has 0 heterocycles. The molecule has 11 heavy (non-hydrogen) atoms. The van der Waals surface area contributed by atoms with Crippen LogP contribution in [0.15, 0.2) is 0 Å². The van der Waals surface area contributed by atoms with Gasteiger partial charge in [0.25, 0.3) is 0 Å². The van der Waals surface area contributed by atoms with Gasteiger partial charge >= 0.3 is 0 Å². The minimum atomic E-state index is 0.275. The number of nitrogens with one attached hydrogen (secondary N) is 1. The van der Waals surface area contributed by atoms with Gasteiger partial charge in [-0.05, 0) is 19.9 Å². The Labute approximate surface area is 68.1 Å². The third kappa shape index (κ3) is 1.92. The number of ether oxygens (including phenoxy) is 2. The van der Waals surface area contributed by atoms with Gasteiger partial charge in [0.1, 0.15) is 0 Å². The summed E-state index contributed by atoms with van der Waals surface area (Å²) < 4.78 is 10.6. The Morgan fingerprint density at radius 1 is 1.09 bits per heavy atom. The van der Waals surface area contributed by atoms with Crippen molar-refractivity contribution in [3.63, 3.8) is 0 Å². The van der Waals surface area contributed by atoms with E-state index in [2.05, 4.69) is 5.32 Å². The van der Waals surface area contributed by atoms with Gasteiger partial charge in [-0.15, -0.1) is 0 Å². The van der Waals surface area contributed by atoms with Gasteiger partial charge in [0.15, 0.2) is 0 Å². The van der Waals surface area contributed by atoms with Crippen molar-refractivity contribution in [1.82, 2.24) is 5.32 Å². The average molecular weight is 159 g/mol. The van der Waals surface area contributed by atoms with Crippen molar-refractivity contribution in [2.45, 2.75) is 31.1 Å². The maximum absolute atomic E-state index is 5.28. The topological polar surface area (TPSA) is 30.5 Å². The smallest absolute Gasteiger partial charge is 0.0848 e. The van der Waals surface area contributed by atoms with E-state index in [1.165, 1.54) is 0 Å². The predicted octanol–water partition coefficient (Wildman–Crippen LogP) is 0.398. The molecule has 0 radical (unpaired) electrons. The van der Waals surface area contributed by atoms with Crippen molar-refractivity contribution in [3.05, 3.63) is 0 Å². The zero-order valence-electron chi connectivity index (χ0n) is 7.46. The zero-order chi connectivity index (χ0) is 8.27. The molecule has 1 aliphatic carbocycles. The molecule has 0 bridgehead atoms. The van der Waals surface area contributed by atoms with Crippen LogP contribution in [0.5, 0.6) is 0 Å². The van der Waals surface area contributed by atoms with Crippen LogP contribution in [-0.2, 0) is 9.47 Å². The third-order valence-electron chi connectivity index (χ3n) is 2.46. The predicted molar refractivity (Wildman–Crippen MR) is 43.7 cm³/mol. The Bertz CT molecular complexity index is 107. The fourth-order valence-electron chi connectivity index (χ4n) is 1.69. The summed E-state index contributed by atoms with van der Waals surface area (Å²) in [6, 6.07) is 0.560. The van der Waals surface area contributed by atoms with Gasteiger partial charge in [-0.3, -0.25) is 0 Å². The van der Waals surface area contributed by atoms with Gasteiger partial charge in [-0.25, -0.2) is 0 Å². The minimum absolute atomic E-state index is 0.275. The number of rotatable bonds is 3. The molecule has 0 saturated heterocycles. The summed E-state index contributed by atoms with van der Waals surface area (Å²) in [7, 11) is 5.47. The standard InChI is InChI=1S/C8H17NO2/c1-9-6-4-7(10-2)8(5-6)11-3/h6-9H,4-5H2,1-3H3/t6?,7-,8+. The second-order valence-corrected chi connectivity index (χ2v) is 3.01. The molecule has 1 N–H and O–H groups in total. The minimum Gasteiger partial charge on any atom is -0.379 e. The second kappa shape index (κ2) is 4.04. The van der Waals surface area contributed by atoms with Crippen LogP contribution in [0.3, 0.4) is 0 Å². The summed E-state index contributed by atoms with van der Waals surface area (Å²) in [5.41, 5.74) is 0. The van der Waals surface area contributed by atoms with E-state index < -0.39 is 0 Å². The molecule has 1 saturated carbocycles. The third-order valence-corrected chi connectivity index (χ3v) is 2.46. The number of methoxy groups -OCH3 is 2. The first-order chi connectivity index (χ1) is 5.31. The molecule has 0 amide bonds. The highest BCUT2D eigenvalue weighted by Gasteiger charge is 2.33. The molecule has 0 aliphatic heterocycles. The normalized spacial score (nSPS) is 37.9. The van der Waals surface area contributed by atoms with Crippen LogP contribution in [0.25, 0.3) is 0 Å². The van der Waals surface area contributed by atoms with Crippen molar-refractivity contribution < 1.29 is 9.47 Å². The molecule has 0 aromatic heterocycles. The largest absolute Gasteiger partial charge is 0.379 e. The van der Waals surface area contributed by atoms with E-state index in [-0.39, 0.29) is 12.2 Å². The van der Waals surface area contributed by atoms with E-state index in [9.17, 15) is 0 Å². The first kappa shape index (κ1) is 8.97. The van der Waals surface area contributed by atoms with Gasteiger partial charge in [0.05, 0.1) is 12.2 Å². The Morgan fingerprint density at radius 2 is 1.55 bits per heavy atom. The molecular weight excluding hydrogens is 142 g/mol. The maximum atomic E-state index is 5.28. The Morgan fingerprint density at radius 3 is 1.82 bits per heavy atom. The zero-order valence-corrected chi connectivity index (χ0v) is 7.46. The van der Waals surface area contributed by atoms with Crippen LogP contribution in [-0.4, -0.2) is 39.5 Å². The summed E-state index contributed by atoms with van der Waals surface area (Å²) in [6.45, 7) is 0. The molecule has 1 rings (SSSR count). The van der Waals surface area contributed by atoms with Crippen LogP contribution < -0.4 is 5.32 Å². The number of hydrogen-bond donors (Lipinski definition) is 1. The second-order valence-electron chi connectivity index (χ2n) is 3.01. The maximum Gasteiger partial charge on any atom is 0.0848 e. The number of hydrogen-bond acceptors (Lipinski definition) is 3. The van der Waals surface area contributed by atoms with E-state index in [0.29, 0.717) is 6.04 Å². The quantitative estimate of drug-likeness (QED) is 0.646. The Balaban J connectivity index is 2.41. The van der Waals surface area contributed by atoms with E-state index in [4.69, 9.17) is 9.47 Å². The first-order valence-corrected chi connectivity index (χ1v) is 4.04. The van der Waals surface area contributed by atoms with Crippen molar-refractivity contribution >= 4 is 0 Å². The summed E-state index contributed by atoms with van der Waals surface area (Å²) in [6.07, 6.45) is 2.67. The van der Waals surface area contributed by atoms with Crippen molar-refractivity contribution in [3.8, 4) is 0 Å². The van der Waals surface area contributed by atoms with Crippen LogP contribution >= 0.6 is 0 Å². The molecule has 1 fully saturated rings. The molecular formula is C8H17NO2. The van der Waals surface area contributed by atoms with E-state index in [1.807, 2.05) is 7.05 Å². The lowest BCUT2D eigenvalue weighted by Crippen LogP contribution is -2.23. The van der Waals surface area contributed by atoms with Gasteiger partial charge in [0.2, 0.25) is 0 Å². The van der Waals surface area contributed by atoms with Crippen LogP contribution in [0.1, 0.15) is 12.8 Å². The van der Waals surface area contributed by atoms with Gasteiger partial charge in [-0.1, -0.05) is 0 Å². The van der Waals surface area contributed by atoms with Crippen molar-refractivity contribution in [1.29, 1.82) is 0 Å². The van der Waals surface area contributed by atoms with E-state index >= 15 is 0 Å². The fourth-order valence-corrected chi connectivity index (χ4v) is 1.69. The Hall–Kier alpha value is -0.120. The summed E-state index contributed by atoms with van der Waals surface area (Å²) >= 11 is 0. The van der Waals surface area contributed by atoms with Crippen LogP contribution in [0, 0.1) is 0 Å². The van der Waals surface area contributed by atoms with Crippen molar-refractivity contribution in [2.24, 2.45) is 0 Å². The molecule has 1 unspecified atom stereocenters. The molecule has 0 aromatic rings. The van der Waals surface area contributed by atoms with Gasteiger partial charge in [-0.2, -0.15) is 0 Å². The molecule has 3 atom stereocenters. The molecule has 66 valence electrons. The summed E-state index contributed by atoms with van der Waals surface area (Å²) in [5, 5.41) is 3.23. The monoisotopic (exact) mass is 159 g/mol. The lowest BCUT2D eigenvalue weighted by atomic mass is 10.2. The summed E-state index contributed by atoms with van der Waals surface area (Å²) in [5.74, 6) is 0. The SMILES string of the molecule is CNC1C[C@H](OC)[C@H](OC)C1. The van der Waals surface area contributed by atoms with Crippen LogP contribution in [0.2, 0.25) is 0 Å². The molecule has 0 spiro atoms. The van der Waals surface area contributed by atoms with Crippen molar-refractivity contribution in [2.75, 3.05) is 21.3 Å². The van der Waals surface area contributed by atoms with Gasteiger partial charge < -0.3 is 14.8 Å². The molecule has 3 nitrogen and oxygen atoms in total. The highest BCUT2D eigenvalue weighted by Crippen LogP contribution is 2.24. The lowest BCUT2D eigenvalue weighted by Gasteiger charge is -2.15. The Kier molecular flexibility index (Phi) is 3.30. The molecule has 3 heteroatoms. The van der Waals surface area contributed by atoms with Crippen LogP contribution in [0.4, 0.5) is 0 Å². The lowest BCUT2D eigenvalue weighted by molar-refractivity contribution is -0.0157. The van der Waals surface area contributed by atoms with E-state index in [0.717, 1.165) is 12.8 Å². The molecule has 0 aromatic carbocycles. The molecule has 1 aliphatic rings. The first-order valence-electron chi connectivity index (χ1n) is 4.04. The van der Waals surface area contributed by atoms with E-state index in [1.54, 1.807) is 14.2 Å².